The zero-order chi connectivity index (χ0) is 22.1. The number of aliphatic hydroxyl groups excluding tert-OH is 1. The quantitative estimate of drug-likeness (QED) is 0.456. The van der Waals surface area contributed by atoms with Gasteiger partial charge in [0.2, 0.25) is 0 Å². The van der Waals surface area contributed by atoms with Gasteiger partial charge in [-0.2, -0.15) is 5.26 Å². The Bertz CT molecular complexity index is 1480. The van der Waals surface area contributed by atoms with Crippen molar-refractivity contribution in [2.75, 3.05) is 5.73 Å². The number of nitrogen functional groups attached to an aromatic ring is 1. The number of rotatable bonds is 4. The fraction of sp³-hybridized carbons (Fsp3) is 0.0417. The van der Waals surface area contributed by atoms with Crippen molar-refractivity contribution in [1.82, 2.24) is 24.5 Å². The minimum atomic E-state index is -0.0450. The summed E-state index contributed by atoms with van der Waals surface area (Å²) in [5, 5.41) is 18.6. The third kappa shape index (κ3) is 3.33. The number of benzene rings is 1. The zero-order valence-electron chi connectivity index (χ0n) is 16.8. The van der Waals surface area contributed by atoms with Gasteiger partial charge < -0.3 is 10.8 Å². The van der Waals surface area contributed by atoms with E-state index in [2.05, 4.69) is 16.0 Å². The average Bonchev–Trinajstić information content (AvgIpc) is 3.23. The maximum Gasteiger partial charge on any atom is 0.165 e. The fourth-order valence-corrected chi connectivity index (χ4v) is 3.52. The molecule has 3 N–H and O–H groups in total. The Hall–Kier alpha value is -4.61. The smallest absolute Gasteiger partial charge is 0.165 e. The Morgan fingerprint density at radius 2 is 1.72 bits per heavy atom. The van der Waals surface area contributed by atoms with Gasteiger partial charge in [0.25, 0.3) is 0 Å². The zero-order valence-corrected chi connectivity index (χ0v) is 16.8. The summed E-state index contributed by atoms with van der Waals surface area (Å²) < 4.78 is 1.90. The summed E-state index contributed by atoms with van der Waals surface area (Å²) in [6.07, 6.45) is 1.63. The number of aliphatic hydroxyl groups is 1. The van der Waals surface area contributed by atoms with Crippen molar-refractivity contribution < 1.29 is 5.11 Å². The molecule has 0 amide bonds. The molecule has 32 heavy (non-hydrogen) atoms. The molecule has 5 aromatic rings. The molecular weight excluding hydrogens is 402 g/mol. The lowest BCUT2D eigenvalue weighted by molar-refractivity contribution is 0.282. The molecular formula is C24H17N7O. The summed E-state index contributed by atoms with van der Waals surface area (Å²) >= 11 is 0. The third-order valence-corrected chi connectivity index (χ3v) is 5.09. The molecule has 0 atom stereocenters. The van der Waals surface area contributed by atoms with E-state index in [1.807, 2.05) is 53.1 Å². The van der Waals surface area contributed by atoms with Crippen LogP contribution < -0.4 is 5.73 Å². The number of anilines is 1. The van der Waals surface area contributed by atoms with Crippen LogP contribution in [0.25, 0.3) is 39.6 Å². The SMILES string of the molecule is N#Cc1cccc(-c2ccc3nc(-c4cccnc4N)n(-c4ccc(CO)cc4)c3n2)n1. The minimum Gasteiger partial charge on any atom is -0.392 e. The first-order valence-electron chi connectivity index (χ1n) is 9.86. The van der Waals surface area contributed by atoms with Gasteiger partial charge in [0, 0.05) is 11.9 Å². The molecule has 0 saturated carbocycles. The van der Waals surface area contributed by atoms with Crippen molar-refractivity contribution >= 4 is 17.0 Å². The summed E-state index contributed by atoms with van der Waals surface area (Å²) in [7, 11) is 0. The van der Waals surface area contributed by atoms with E-state index in [4.69, 9.17) is 15.7 Å². The lowest BCUT2D eigenvalue weighted by atomic mass is 10.2. The number of aromatic nitrogens is 5. The highest BCUT2D eigenvalue weighted by atomic mass is 16.3. The lowest BCUT2D eigenvalue weighted by Gasteiger charge is -2.11. The predicted molar refractivity (Wildman–Crippen MR) is 120 cm³/mol. The Labute approximate surface area is 183 Å². The molecule has 4 heterocycles. The minimum absolute atomic E-state index is 0.0450. The normalized spacial score (nSPS) is 10.9. The first-order chi connectivity index (χ1) is 15.7. The topological polar surface area (TPSA) is 127 Å². The summed E-state index contributed by atoms with van der Waals surface area (Å²) in [5.41, 5.74) is 11.3. The number of nitriles is 1. The highest BCUT2D eigenvalue weighted by Gasteiger charge is 2.19. The molecule has 0 fully saturated rings. The van der Waals surface area contributed by atoms with Crippen LogP contribution in [-0.2, 0) is 6.61 Å². The van der Waals surface area contributed by atoms with Crippen molar-refractivity contribution in [2.45, 2.75) is 6.61 Å². The Morgan fingerprint density at radius 3 is 2.47 bits per heavy atom. The number of pyridine rings is 3. The molecule has 8 nitrogen and oxygen atoms in total. The van der Waals surface area contributed by atoms with E-state index in [1.165, 1.54) is 0 Å². The highest BCUT2D eigenvalue weighted by molar-refractivity contribution is 5.84. The summed E-state index contributed by atoms with van der Waals surface area (Å²) in [6, 6.07) is 22.1. The number of hydrogen-bond donors (Lipinski definition) is 2. The van der Waals surface area contributed by atoms with E-state index in [0.717, 1.165) is 11.3 Å². The van der Waals surface area contributed by atoms with Gasteiger partial charge in [0.05, 0.1) is 23.6 Å². The van der Waals surface area contributed by atoms with E-state index in [-0.39, 0.29) is 6.61 Å². The van der Waals surface area contributed by atoms with Gasteiger partial charge in [-0.3, -0.25) is 4.57 Å². The molecule has 8 heteroatoms. The van der Waals surface area contributed by atoms with Gasteiger partial charge in [-0.05, 0) is 54.1 Å². The van der Waals surface area contributed by atoms with E-state index < -0.39 is 0 Å². The Kier molecular flexibility index (Phi) is 4.78. The van der Waals surface area contributed by atoms with Crippen molar-refractivity contribution in [3.8, 4) is 34.5 Å². The second-order valence-corrected chi connectivity index (χ2v) is 7.09. The third-order valence-electron chi connectivity index (χ3n) is 5.09. The van der Waals surface area contributed by atoms with Crippen molar-refractivity contribution in [2.24, 2.45) is 0 Å². The van der Waals surface area contributed by atoms with Crippen LogP contribution in [0.4, 0.5) is 5.82 Å². The van der Waals surface area contributed by atoms with Crippen LogP contribution in [-0.4, -0.2) is 29.6 Å². The van der Waals surface area contributed by atoms with Gasteiger partial charge in [-0.25, -0.2) is 19.9 Å². The van der Waals surface area contributed by atoms with E-state index in [1.54, 1.807) is 24.4 Å². The van der Waals surface area contributed by atoms with E-state index >= 15 is 0 Å². The molecule has 0 unspecified atom stereocenters. The fourth-order valence-electron chi connectivity index (χ4n) is 3.52. The van der Waals surface area contributed by atoms with Gasteiger partial charge in [-0.15, -0.1) is 0 Å². The maximum absolute atomic E-state index is 9.42. The number of nitrogens with zero attached hydrogens (tertiary/aromatic N) is 6. The van der Waals surface area contributed by atoms with Crippen LogP contribution in [0.3, 0.4) is 0 Å². The summed E-state index contributed by atoms with van der Waals surface area (Å²) in [5.74, 6) is 0.963. The maximum atomic E-state index is 9.42. The first kappa shape index (κ1) is 19.4. The van der Waals surface area contributed by atoms with Crippen LogP contribution in [0.5, 0.6) is 0 Å². The number of nitrogens with two attached hydrogens (primary N) is 1. The average molecular weight is 419 g/mol. The van der Waals surface area contributed by atoms with Crippen LogP contribution in [0.2, 0.25) is 0 Å². The molecule has 0 aliphatic carbocycles. The van der Waals surface area contributed by atoms with Crippen molar-refractivity contribution in [3.63, 3.8) is 0 Å². The second kappa shape index (κ2) is 7.91. The van der Waals surface area contributed by atoms with Crippen molar-refractivity contribution in [3.05, 3.63) is 84.2 Å². The monoisotopic (exact) mass is 419 g/mol. The van der Waals surface area contributed by atoms with Crippen molar-refractivity contribution in [1.29, 1.82) is 5.26 Å². The van der Waals surface area contributed by atoms with Crippen LogP contribution in [0.15, 0.2) is 72.9 Å². The van der Waals surface area contributed by atoms with Gasteiger partial charge >= 0.3 is 0 Å². The Morgan fingerprint density at radius 1 is 0.906 bits per heavy atom. The summed E-state index contributed by atoms with van der Waals surface area (Å²) in [4.78, 5) is 18.2. The van der Waals surface area contributed by atoms with E-state index in [9.17, 15) is 10.4 Å². The van der Waals surface area contributed by atoms with Gasteiger partial charge in [0.1, 0.15) is 23.1 Å². The molecule has 0 aliphatic rings. The van der Waals surface area contributed by atoms with Crippen LogP contribution >= 0.6 is 0 Å². The van der Waals surface area contributed by atoms with Crippen LogP contribution in [0, 0.1) is 11.3 Å². The summed E-state index contributed by atoms with van der Waals surface area (Å²) in [6.45, 7) is -0.0450. The Balaban J connectivity index is 1.78. The number of imidazole rings is 1. The lowest BCUT2D eigenvalue weighted by Crippen LogP contribution is -2.02. The molecule has 1 aromatic carbocycles. The first-order valence-corrected chi connectivity index (χ1v) is 9.86. The van der Waals surface area contributed by atoms with Crippen LogP contribution in [0.1, 0.15) is 11.3 Å². The molecule has 0 radical (unpaired) electrons. The molecule has 0 bridgehead atoms. The predicted octanol–water partition coefficient (Wildman–Crippen LogP) is 3.49. The largest absolute Gasteiger partial charge is 0.392 e. The molecule has 0 aliphatic heterocycles. The number of hydrogen-bond acceptors (Lipinski definition) is 7. The standard InChI is InChI=1S/C24H17N7O/c25-13-16-3-1-5-19(28-16)20-10-11-21-24(29-20)31(17-8-6-15(14-32)7-9-17)23(30-21)18-4-2-12-27-22(18)26/h1-12,32H,14H2,(H2,26,27). The molecule has 5 rings (SSSR count). The number of fused-ring (bicyclic) bond motifs is 1. The molecule has 0 spiro atoms. The molecule has 0 saturated heterocycles. The second-order valence-electron chi connectivity index (χ2n) is 7.09. The molecule has 154 valence electrons. The van der Waals surface area contributed by atoms with Gasteiger partial charge in [-0.1, -0.05) is 18.2 Å². The highest BCUT2D eigenvalue weighted by Crippen LogP contribution is 2.31. The van der Waals surface area contributed by atoms with E-state index in [0.29, 0.717) is 45.5 Å². The van der Waals surface area contributed by atoms with Gasteiger partial charge in [0.15, 0.2) is 11.5 Å². The molecule has 4 aromatic heterocycles.